The molecular formula is C37H67N3O. The molecule has 2 heterocycles. The molecule has 236 valence electrons. The Morgan fingerprint density at radius 1 is 0.805 bits per heavy atom. The van der Waals surface area contributed by atoms with Crippen molar-refractivity contribution < 1.29 is 4.74 Å². The SMILES string of the molecule is C[C@H]1[C@@]2(C)[C@@]3(C)CC[C@]4(C)C(CC[C@@]5(C)CC(NCCCCCCN)CC[C@@]54C)[C@@]3(C)C[C@@]2(C)O[C@@]12CCCCN2. The van der Waals surface area contributed by atoms with Gasteiger partial charge in [0.15, 0.2) is 0 Å². The highest BCUT2D eigenvalue weighted by atomic mass is 16.5. The molecular weight excluding hydrogens is 502 g/mol. The Morgan fingerprint density at radius 3 is 2.27 bits per heavy atom. The number of ether oxygens (including phenoxy) is 1. The van der Waals surface area contributed by atoms with Gasteiger partial charge in [-0.1, -0.05) is 61.3 Å². The van der Waals surface area contributed by atoms with Gasteiger partial charge in [0.2, 0.25) is 0 Å². The largest absolute Gasteiger partial charge is 0.354 e. The van der Waals surface area contributed by atoms with Crippen LogP contribution in [0.15, 0.2) is 0 Å². The Morgan fingerprint density at radius 2 is 1.56 bits per heavy atom. The Bertz CT molecular complexity index is 995. The highest BCUT2D eigenvalue weighted by Crippen LogP contribution is 2.85. The zero-order valence-corrected chi connectivity index (χ0v) is 28.4. The average Bonchev–Trinajstić information content (AvgIpc) is 3.17. The van der Waals surface area contributed by atoms with Crippen LogP contribution in [0.1, 0.15) is 152 Å². The lowest BCUT2D eigenvalue weighted by molar-refractivity contribution is -0.249. The molecule has 0 bridgehead atoms. The summed E-state index contributed by atoms with van der Waals surface area (Å²) >= 11 is 0. The molecule has 4 nitrogen and oxygen atoms in total. The third kappa shape index (κ3) is 3.78. The lowest BCUT2D eigenvalue weighted by Crippen LogP contribution is -2.68. The van der Waals surface area contributed by atoms with Crippen LogP contribution in [0.5, 0.6) is 0 Å². The van der Waals surface area contributed by atoms with Gasteiger partial charge in [-0.05, 0) is 143 Å². The van der Waals surface area contributed by atoms with Crippen molar-refractivity contribution in [2.45, 2.75) is 169 Å². The van der Waals surface area contributed by atoms with E-state index in [4.69, 9.17) is 10.5 Å². The highest BCUT2D eigenvalue weighted by molar-refractivity contribution is 5.31. The monoisotopic (exact) mass is 570 g/mol. The van der Waals surface area contributed by atoms with E-state index in [0.717, 1.165) is 19.0 Å². The summed E-state index contributed by atoms with van der Waals surface area (Å²) in [6.45, 7) is 24.7. The molecule has 2 saturated heterocycles. The van der Waals surface area contributed by atoms with Gasteiger partial charge in [-0.2, -0.15) is 0 Å². The van der Waals surface area contributed by atoms with Gasteiger partial charge in [0.1, 0.15) is 5.72 Å². The molecule has 0 radical (unpaired) electrons. The van der Waals surface area contributed by atoms with Gasteiger partial charge in [-0.25, -0.2) is 0 Å². The molecule has 41 heavy (non-hydrogen) atoms. The van der Waals surface area contributed by atoms with Gasteiger partial charge in [0.25, 0.3) is 0 Å². The third-order valence-corrected chi connectivity index (χ3v) is 17.1. The van der Waals surface area contributed by atoms with Crippen LogP contribution in [-0.2, 0) is 4.74 Å². The Hall–Kier alpha value is -0.160. The molecule has 6 fully saturated rings. The molecule has 1 spiro atoms. The Kier molecular flexibility index (Phi) is 7.46. The van der Waals surface area contributed by atoms with Gasteiger partial charge < -0.3 is 15.8 Å². The molecule has 4 N–H and O–H groups in total. The van der Waals surface area contributed by atoms with E-state index in [-0.39, 0.29) is 16.7 Å². The summed E-state index contributed by atoms with van der Waals surface area (Å²) < 4.78 is 7.46. The molecule has 0 amide bonds. The summed E-state index contributed by atoms with van der Waals surface area (Å²) in [5, 5.41) is 7.98. The second-order valence-corrected chi connectivity index (χ2v) is 18.0. The van der Waals surface area contributed by atoms with Crippen LogP contribution in [-0.4, -0.2) is 37.0 Å². The summed E-state index contributed by atoms with van der Waals surface area (Å²) in [6, 6.07) is 0.698. The smallest absolute Gasteiger partial charge is 0.123 e. The number of rotatable bonds is 7. The van der Waals surface area contributed by atoms with Crippen molar-refractivity contribution in [3.8, 4) is 0 Å². The maximum absolute atomic E-state index is 7.46. The standard InChI is InChI=1S/C37H67N3O/c1-27-36(8)34(6)21-20-31(3)29(32(34,4)26-35(36,7)41-37(27)17-11-14-24-40-37)16-18-30(2)25-28(15-19-33(30,31)5)39-23-13-10-9-12-22-38/h27-29,39-40H,9-26,38H2,1-8H3/t27-,28?,29?,30-,31+,32+,33-,34-,35+,36-,37-/m0/s1. The van der Waals surface area contributed by atoms with Crippen LogP contribution in [0.4, 0.5) is 0 Å². The first kappa shape index (κ1) is 30.8. The number of nitrogens with one attached hydrogen (secondary N) is 2. The number of hydrogen-bond acceptors (Lipinski definition) is 4. The Labute approximate surface area is 253 Å². The van der Waals surface area contributed by atoms with Crippen molar-refractivity contribution in [1.29, 1.82) is 0 Å². The van der Waals surface area contributed by atoms with E-state index >= 15 is 0 Å². The van der Waals surface area contributed by atoms with E-state index < -0.39 is 0 Å². The molecule has 6 aliphatic rings. The normalized spacial score (nSPS) is 56.3. The maximum atomic E-state index is 7.46. The topological polar surface area (TPSA) is 59.3 Å². The fourth-order valence-electron chi connectivity index (χ4n) is 13.9. The fourth-order valence-corrected chi connectivity index (χ4v) is 13.9. The molecule has 11 atom stereocenters. The van der Waals surface area contributed by atoms with Gasteiger partial charge in [-0.3, -0.25) is 5.32 Å². The predicted molar refractivity (Wildman–Crippen MR) is 172 cm³/mol. The first-order chi connectivity index (χ1) is 19.2. The van der Waals surface area contributed by atoms with E-state index in [1.165, 1.54) is 103 Å². The fraction of sp³-hybridized carbons (Fsp3) is 1.00. The second kappa shape index (κ2) is 9.92. The predicted octanol–water partition coefficient (Wildman–Crippen LogP) is 8.19. The van der Waals surface area contributed by atoms with Gasteiger partial charge in [0, 0.05) is 17.4 Å². The second-order valence-electron chi connectivity index (χ2n) is 18.0. The van der Waals surface area contributed by atoms with E-state index in [9.17, 15) is 0 Å². The average molecular weight is 570 g/mol. The third-order valence-electron chi connectivity index (χ3n) is 17.1. The molecule has 4 heteroatoms. The summed E-state index contributed by atoms with van der Waals surface area (Å²) in [6.07, 6.45) is 19.8. The zero-order valence-electron chi connectivity index (χ0n) is 28.4. The molecule has 2 aliphatic heterocycles. The number of piperidine rings is 1. The van der Waals surface area contributed by atoms with Crippen molar-refractivity contribution in [1.82, 2.24) is 10.6 Å². The van der Waals surface area contributed by atoms with Gasteiger partial charge in [-0.15, -0.1) is 0 Å². The van der Waals surface area contributed by atoms with Crippen molar-refractivity contribution in [3.63, 3.8) is 0 Å². The van der Waals surface area contributed by atoms with Crippen molar-refractivity contribution in [2.24, 2.45) is 50.1 Å². The minimum absolute atomic E-state index is 0.0567. The van der Waals surface area contributed by atoms with Crippen molar-refractivity contribution in [2.75, 3.05) is 19.6 Å². The first-order valence-electron chi connectivity index (χ1n) is 18.1. The molecule has 2 unspecified atom stereocenters. The van der Waals surface area contributed by atoms with E-state index in [1.54, 1.807) is 0 Å². The molecule has 6 rings (SSSR count). The van der Waals surface area contributed by atoms with Gasteiger partial charge in [0.05, 0.1) is 5.60 Å². The summed E-state index contributed by atoms with van der Waals surface area (Å²) in [5.41, 5.74) is 7.57. The minimum atomic E-state index is -0.111. The van der Waals surface area contributed by atoms with Crippen LogP contribution in [0.25, 0.3) is 0 Å². The minimum Gasteiger partial charge on any atom is -0.354 e. The number of unbranched alkanes of at least 4 members (excludes halogenated alkanes) is 3. The highest BCUT2D eigenvalue weighted by Gasteiger charge is 2.83. The number of fused-ring (bicyclic) bond motifs is 7. The first-order valence-corrected chi connectivity index (χ1v) is 18.1. The van der Waals surface area contributed by atoms with Crippen molar-refractivity contribution in [3.05, 3.63) is 0 Å². The van der Waals surface area contributed by atoms with Crippen LogP contribution in [0.3, 0.4) is 0 Å². The zero-order chi connectivity index (χ0) is 29.6. The Balaban J connectivity index is 1.24. The van der Waals surface area contributed by atoms with Crippen LogP contribution in [0, 0.1) is 44.3 Å². The molecule has 0 aromatic rings. The number of hydrogen-bond donors (Lipinski definition) is 3. The molecule has 4 saturated carbocycles. The van der Waals surface area contributed by atoms with Crippen LogP contribution >= 0.6 is 0 Å². The lowest BCUT2D eigenvalue weighted by atomic mass is 9.31. The maximum Gasteiger partial charge on any atom is 0.123 e. The summed E-state index contributed by atoms with van der Waals surface area (Å²) in [7, 11) is 0. The lowest BCUT2D eigenvalue weighted by Gasteiger charge is -2.73. The van der Waals surface area contributed by atoms with Crippen LogP contribution in [0.2, 0.25) is 0 Å². The van der Waals surface area contributed by atoms with Crippen LogP contribution < -0.4 is 16.4 Å². The summed E-state index contributed by atoms with van der Waals surface area (Å²) in [5.74, 6) is 1.32. The van der Waals surface area contributed by atoms with E-state index in [1.807, 2.05) is 0 Å². The molecule has 0 aromatic carbocycles. The molecule has 0 aromatic heterocycles. The van der Waals surface area contributed by atoms with Crippen molar-refractivity contribution >= 4 is 0 Å². The van der Waals surface area contributed by atoms with E-state index in [0.29, 0.717) is 39.0 Å². The van der Waals surface area contributed by atoms with E-state index in [2.05, 4.69) is 66.0 Å². The molecule has 4 aliphatic carbocycles. The number of nitrogens with two attached hydrogens (primary N) is 1. The quantitative estimate of drug-likeness (QED) is 0.271. The summed E-state index contributed by atoms with van der Waals surface area (Å²) in [4.78, 5) is 0. The van der Waals surface area contributed by atoms with Gasteiger partial charge >= 0.3 is 0 Å².